The molecule has 1 aromatic rings. The minimum absolute atomic E-state index is 0.743. The quantitative estimate of drug-likeness (QED) is 0.438. The third kappa shape index (κ3) is 7.74. The first-order valence-electron chi connectivity index (χ1n) is 9.07. The molecule has 0 radical (unpaired) electrons. The summed E-state index contributed by atoms with van der Waals surface area (Å²) in [5, 5.41) is 0. The summed E-state index contributed by atoms with van der Waals surface area (Å²) in [6.45, 7) is 9.06. The summed E-state index contributed by atoms with van der Waals surface area (Å²) in [5.41, 5.74) is 2.40. The van der Waals surface area contributed by atoms with Crippen molar-refractivity contribution in [2.24, 2.45) is 0 Å². The third-order valence-electron chi connectivity index (χ3n) is 4.01. The number of aryl methyl sites for hydroxylation is 2. The van der Waals surface area contributed by atoms with Gasteiger partial charge in [-0.15, -0.1) is 0 Å². The van der Waals surface area contributed by atoms with E-state index in [9.17, 15) is 0 Å². The largest absolute Gasteiger partial charge is 0.493 e. The first kappa shape index (κ1) is 19.8. The van der Waals surface area contributed by atoms with Crippen molar-refractivity contribution in [1.29, 1.82) is 0 Å². The van der Waals surface area contributed by atoms with Gasteiger partial charge >= 0.3 is 0 Å². The predicted octanol–water partition coefficient (Wildman–Crippen LogP) is 4.60. The summed E-state index contributed by atoms with van der Waals surface area (Å²) >= 11 is 0. The summed E-state index contributed by atoms with van der Waals surface area (Å²) in [6, 6.07) is 4.30. The van der Waals surface area contributed by atoms with Crippen LogP contribution in [0, 0.1) is 6.92 Å². The smallest absolute Gasteiger partial charge is 0.137 e. The number of nitrogens with zero attached hydrogens (tertiary/aromatic N) is 1. The van der Waals surface area contributed by atoms with Crippen LogP contribution in [-0.2, 0) is 6.42 Å². The van der Waals surface area contributed by atoms with Crippen molar-refractivity contribution in [1.82, 2.24) is 0 Å². The first-order valence-corrected chi connectivity index (χ1v) is 9.07. The van der Waals surface area contributed by atoms with E-state index in [1.54, 1.807) is 0 Å². The zero-order valence-corrected chi connectivity index (χ0v) is 16.1. The molecule has 23 heavy (non-hydrogen) atoms. The van der Waals surface area contributed by atoms with Gasteiger partial charge in [0.25, 0.3) is 0 Å². The summed E-state index contributed by atoms with van der Waals surface area (Å²) in [6.07, 6.45) is 5.91. The monoisotopic (exact) mass is 322 g/mol. The molecule has 0 bridgehead atoms. The maximum atomic E-state index is 6.03. The normalized spacial score (nSPS) is 11.6. The summed E-state index contributed by atoms with van der Waals surface area (Å²) < 4.78 is 12.9. The first-order chi connectivity index (χ1) is 10.9. The molecule has 0 heterocycles. The number of rotatable bonds is 11. The minimum atomic E-state index is 0.743. The topological polar surface area (TPSA) is 18.5 Å². The number of benzene rings is 1. The number of ether oxygens (including phenoxy) is 2. The van der Waals surface area contributed by atoms with E-state index in [0.29, 0.717) is 0 Å². The van der Waals surface area contributed by atoms with Crippen molar-refractivity contribution in [3.63, 3.8) is 0 Å². The molecule has 3 heteroatoms. The van der Waals surface area contributed by atoms with Crippen molar-refractivity contribution in [2.75, 3.05) is 40.9 Å². The van der Waals surface area contributed by atoms with E-state index in [-0.39, 0.29) is 0 Å². The average Bonchev–Trinajstić information content (AvgIpc) is 2.47. The van der Waals surface area contributed by atoms with Gasteiger partial charge in [0.1, 0.15) is 24.7 Å². The fraction of sp³-hybridized carbons (Fsp3) is 0.700. The number of quaternary nitrogens is 1. The molecule has 1 aromatic carbocycles. The Morgan fingerprint density at radius 2 is 1.57 bits per heavy atom. The Morgan fingerprint density at radius 3 is 2.17 bits per heavy atom. The minimum Gasteiger partial charge on any atom is -0.493 e. The molecular formula is C20H36NO2+. The molecule has 132 valence electrons. The van der Waals surface area contributed by atoms with Crippen LogP contribution in [0.2, 0.25) is 0 Å². The van der Waals surface area contributed by atoms with Crippen molar-refractivity contribution < 1.29 is 14.0 Å². The second-order valence-electron chi connectivity index (χ2n) is 7.35. The molecule has 0 atom stereocenters. The van der Waals surface area contributed by atoms with Gasteiger partial charge in [0, 0.05) is 0 Å². The fourth-order valence-corrected chi connectivity index (χ4v) is 2.41. The second kappa shape index (κ2) is 9.82. The number of hydrogen-bond acceptors (Lipinski definition) is 2. The lowest BCUT2D eigenvalue weighted by molar-refractivity contribution is -0.870. The summed E-state index contributed by atoms with van der Waals surface area (Å²) in [4.78, 5) is 0. The molecule has 0 saturated heterocycles. The van der Waals surface area contributed by atoms with Crippen LogP contribution in [0.1, 0.15) is 50.7 Å². The second-order valence-corrected chi connectivity index (χ2v) is 7.35. The Labute approximate surface area is 143 Å². The van der Waals surface area contributed by atoms with Gasteiger partial charge in [0.2, 0.25) is 0 Å². The highest BCUT2D eigenvalue weighted by Gasteiger charge is 2.11. The van der Waals surface area contributed by atoms with Gasteiger partial charge < -0.3 is 14.0 Å². The van der Waals surface area contributed by atoms with E-state index in [4.69, 9.17) is 9.47 Å². The Kier molecular flexibility index (Phi) is 8.46. The van der Waals surface area contributed by atoms with Gasteiger partial charge in [-0.2, -0.15) is 0 Å². The SMILES string of the molecule is CCCCCCOc1cc(CC)c(OCC[N+](C)(C)C)cc1C. The lowest BCUT2D eigenvalue weighted by Crippen LogP contribution is -2.38. The molecule has 0 aromatic heterocycles. The molecule has 3 nitrogen and oxygen atoms in total. The van der Waals surface area contributed by atoms with Gasteiger partial charge in [-0.3, -0.25) is 0 Å². The highest BCUT2D eigenvalue weighted by molar-refractivity contribution is 5.46. The van der Waals surface area contributed by atoms with E-state index in [2.05, 4.69) is 54.0 Å². The van der Waals surface area contributed by atoms with Crippen molar-refractivity contribution in [2.45, 2.75) is 52.9 Å². The maximum absolute atomic E-state index is 6.03. The molecule has 1 rings (SSSR count). The van der Waals surface area contributed by atoms with Crippen molar-refractivity contribution >= 4 is 0 Å². The number of unbranched alkanes of at least 4 members (excludes halogenated alkanes) is 3. The lowest BCUT2D eigenvalue weighted by atomic mass is 10.1. The van der Waals surface area contributed by atoms with E-state index in [1.165, 1.54) is 24.8 Å². The molecule has 0 saturated carbocycles. The fourth-order valence-electron chi connectivity index (χ4n) is 2.41. The molecular weight excluding hydrogens is 286 g/mol. The van der Waals surface area contributed by atoms with E-state index >= 15 is 0 Å². The Hall–Kier alpha value is -1.22. The van der Waals surface area contributed by atoms with Crippen LogP contribution in [0.3, 0.4) is 0 Å². The zero-order valence-electron chi connectivity index (χ0n) is 16.1. The molecule has 0 aliphatic heterocycles. The van der Waals surface area contributed by atoms with Crippen LogP contribution in [0.5, 0.6) is 11.5 Å². The molecule has 0 aliphatic rings. The van der Waals surface area contributed by atoms with E-state index in [1.807, 2.05) is 0 Å². The van der Waals surface area contributed by atoms with Crippen LogP contribution in [0.4, 0.5) is 0 Å². The Morgan fingerprint density at radius 1 is 0.870 bits per heavy atom. The molecule has 0 spiro atoms. The Bertz CT molecular complexity index is 463. The highest BCUT2D eigenvalue weighted by atomic mass is 16.5. The number of hydrogen-bond donors (Lipinski definition) is 0. The molecule has 0 fully saturated rings. The van der Waals surface area contributed by atoms with E-state index in [0.717, 1.165) is 54.1 Å². The lowest BCUT2D eigenvalue weighted by Gasteiger charge is -2.24. The maximum Gasteiger partial charge on any atom is 0.137 e. The van der Waals surface area contributed by atoms with Crippen LogP contribution >= 0.6 is 0 Å². The Balaban J connectivity index is 2.63. The van der Waals surface area contributed by atoms with E-state index < -0.39 is 0 Å². The summed E-state index contributed by atoms with van der Waals surface area (Å²) in [7, 11) is 6.56. The zero-order chi connectivity index (χ0) is 17.3. The van der Waals surface area contributed by atoms with Gasteiger partial charge in [-0.05, 0) is 43.0 Å². The highest BCUT2D eigenvalue weighted by Crippen LogP contribution is 2.29. The van der Waals surface area contributed by atoms with Crippen LogP contribution in [0.15, 0.2) is 12.1 Å². The van der Waals surface area contributed by atoms with Crippen molar-refractivity contribution in [3.8, 4) is 11.5 Å². The molecule has 0 amide bonds. The van der Waals surface area contributed by atoms with Gasteiger partial charge in [-0.25, -0.2) is 0 Å². The van der Waals surface area contributed by atoms with Gasteiger partial charge in [0.15, 0.2) is 0 Å². The molecule has 0 aliphatic carbocycles. The average molecular weight is 323 g/mol. The van der Waals surface area contributed by atoms with Gasteiger partial charge in [0.05, 0.1) is 27.7 Å². The summed E-state index contributed by atoms with van der Waals surface area (Å²) in [5.74, 6) is 2.02. The van der Waals surface area contributed by atoms with Crippen LogP contribution < -0.4 is 9.47 Å². The van der Waals surface area contributed by atoms with Crippen LogP contribution in [0.25, 0.3) is 0 Å². The predicted molar refractivity (Wildman–Crippen MR) is 98.6 cm³/mol. The number of likely N-dealkylation sites (N-methyl/N-ethyl adjacent to an activating group) is 1. The van der Waals surface area contributed by atoms with Crippen molar-refractivity contribution in [3.05, 3.63) is 23.3 Å². The molecule has 0 unspecified atom stereocenters. The standard InChI is InChI=1S/C20H36NO2/c1-7-9-10-11-13-22-19-16-18(8-2)20(15-17(19)3)23-14-12-21(4,5)6/h15-16H,7-14H2,1-6H3/q+1. The molecule has 0 N–H and O–H groups in total. The third-order valence-corrected chi connectivity index (χ3v) is 4.01. The van der Waals surface area contributed by atoms with Crippen LogP contribution in [-0.4, -0.2) is 45.4 Å². The van der Waals surface area contributed by atoms with Gasteiger partial charge in [-0.1, -0.05) is 33.1 Å².